The Labute approximate surface area is 133 Å². The maximum absolute atomic E-state index is 12.4. The zero-order chi connectivity index (χ0) is 14.0. The molecule has 0 radical (unpaired) electrons. The fourth-order valence-electron chi connectivity index (χ4n) is 2.19. The van der Waals surface area contributed by atoms with Gasteiger partial charge in [0.05, 0.1) is 11.5 Å². The third-order valence-corrected chi connectivity index (χ3v) is 4.65. The summed E-state index contributed by atoms with van der Waals surface area (Å²) in [6.45, 7) is 0.933. The van der Waals surface area contributed by atoms with Gasteiger partial charge in [-0.25, -0.2) is 0 Å². The molecule has 0 bridgehead atoms. The Morgan fingerprint density at radius 2 is 2.16 bits per heavy atom. The topological polar surface area (TPSA) is 57.6 Å². The largest absolute Gasteiger partial charge is 0.481 e. The van der Waals surface area contributed by atoms with Crippen molar-refractivity contribution in [2.45, 2.75) is 12.8 Å². The Hall–Kier alpha value is -0.630. The quantitative estimate of drug-likeness (QED) is 0.723. The predicted octanol–water partition coefficient (Wildman–Crippen LogP) is 2.99. The number of hydrogen-bond acceptors (Lipinski definition) is 2. The molecular formula is C13H13BrINO3. The predicted molar refractivity (Wildman–Crippen MR) is 83.1 cm³/mol. The number of likely N-dealkylation sites (tertiary alicyclic amines) is 1. The first kappa shape index (κ1) is 14.8. The first-order valence-corrected chi connectivity index (χ1v) is 7.83. The first-order valence-electron chi connectivity index (χ1n) is 5.96. The third kappa shape index (κ3) is 3.47. The summed E-state index contributed by atoms with van der Waals surface area (Å²) in [7, 11) is 0. The number of piperidine rings is 1. The first-order chi connectivity index (χ1) is 8.99. The molecule has 102 valence electrons. The molecule has 1 aromatic carbocycles. The minimum Gasteiger partial charge on any atom is -0.481 e. The number of nitrogens with zero attached hydrogens (tertiary/aromatic N) is 1. The van der Waals surface area contributed by atoms with Gasteiger partial charge < -0.3 is 10.0 Å². The van der Waals surface area contributed by atoms with Gasteiger partial charge in [0, 0.05) is 21.1 Å². The zero-order valence-corrected chi connectivity index (χ0v) is 13.8. The monoisotopic (exact) mass is 437 g/mol. The average molecular weight is 438 g/mol. The van der Waals surface area contributed by atoms with Crippen LogP contribution in [0.1, 0.15) is 23.2 Å². The number of hydrogen-bond donors (Lipinski definition) is 1. The van der Waals surface area contributed by atoms with Gasteiger partial charge in [0.15, 0.2) is 0 Å². The van der Waals surface area contributed by atoms with E-state index < -0.39 is 11.9 Å². The molecular weight excluding hydrogens is 425 g/mol. The van der Waals surface area contributed by atoms with Crippen molar-refractivity contribution in [2.24, 2.45) is 5.92 Å². The van der Waals surface area contributed by atoms with Gasteiger partial charge in [0.2, 0.25) is 0 Å². The molecule has 0 spiro atoms. The van der Waals surface area contributed by atoms with E-state index in [-0.39, 0.29) is 5.91 Å². The van der Waals surface area contributed by atoms with Crippen LogP contribution in [0.2, 0.25) is 0 Å². The minimum absolute atomic E-state index is 0.0864. The molecule has 1 heterocycles. The Kier molecular flexibility index (Phi) is 4.83. The summed E-state index contributed by atoms with van der Waals surface area (Å²) >= 11 is 5.48. The van der Waals surface area contributed by atoms with E-state index in [2.05, 4.69) is 38.5 Å². The summed E-state index contributed by atoms with van der Waals surface area (Å²) < 4.78 is 1.73. The van der Waals surface area contributed by atoms with Crippen molar-refractivity contribution >= 4 is 50.4 Å². The number of carboxylic acid groups (broad SMARTS) is 1. The van der Waals surface area contributed by atoms with Crippen LogP contribution < -0.4 is 0 Å². The number of carbonyl (C=O) groups excluding carboxylic acids is 1. The molecule has 0 unspecified atom stereocenters. The van der Waals surface area contributed by atoms with E-state index >= 15 is 0 Å². The molecule has 1 aromatic rings. The van der Waals surface area contributed by atoms with Gasteiger partial charge in [-0.3, -0.25) is 9.59 Å². The lowest BCUT2D eigenvalue weighted by molar-refractivity contribution is -0.143. The molecule has 1 atom stereocenters. The van der Waals surface area contributed by atoms with Gasteiger partial charge in [-0.05, 0) is 53.6 Å². The van der Waals surface area contributed by atoms with Gasteiger partial charge in [-0.1, -0.05) is 15.9 Å². The highest BCUT2D eigenvalue weighted by atomic mass is 127. The molecule has 4 nitrogen and oxygen atoms in total. The van der Waals surface area contributed by atoms with Gasteiger partial charge in [-0.2, -0.15) is 0 Å². The maximum atomic E-state index is 12.4. The standard InChI is InChI=1S/C13H13BrINO3/c14-9-3-4-11(15)10(6-9)12(17)16-5-1-2-8(7-16)13(18)19/h3-4,6,8H,1-2,5,7H2,(H,18,19)/t8-/m0/s1. The van der Waals surface area contributed by atoms with E-state index in [0.717, 1.165) is 14.5 Å². The number of carboxylic acids is 1. The average Bonchev–Trinajstić information content (AvgIpc) is 2.41. The van der Waals surface area contributed by atoms with Gasteiger partial charge >= 0.3 is 5.97 Å². The normalized spacial score (nSPS) is 19.3. The number of amides is 1. The van der Waals surface area contributed by atoms with Crippen molar-refractivity contribution in [2.75, 3.05) is 13.1 Å². The molecule has 1 saturated heterocycles. The van der Waals surface area contributed by atoms with E-state index in [4.69, 9.17) is 5.11 Å². The summed E-state index contributed by atoms with van der Waals surface area (Å²) in [5, 5.41) is 9.06. The molecule has 0 aromatic heterocycles. The van der Waals surface area contributed by atoms with E-state index in [1.807, 2.05) is 12.1 Å². The van der Waals surface area contributed by atoms with Crippen LogP contribution in [0.25, 0.3) is 0 Å². The summed E-state index contributed by atoms with van der Waals surface area (Å²) in [6, 6.07) is 5.54. The van der Waals surface area contributed by atoms with Gasteiger partial charge in [0.25, 0.3) is 5.91 Å². The summed E-state index contributed by atoms with van der Waals surface area (Å²) in [5.74, 6) is -1.35. The molecule has 0 aliphatic carbocycles. The van der Waals surface area contributed by atoms with Crippen molar-refractivity contribution in [3.8, 4) is 0 Å². The van der Waals surface area contributed by atoms with Crippen LogP contribution in [-0.4, -0.2) is 35.0 Å². The molecule has 1 N–H and O–H groups in total. The molecule has 6 heteroatoms. The van der Waals surface area contributed by atoms with Crippen molar-refractivity contribution < 1.29 is 14.7 Å². The Morgan fingerprint density at radius 3 is 2.84 bits per heavy atom. The van der Waals surface area contributed by atoms with Crippen LogP contribution in [0.15, 0.2) is 22.7 Å². The lowest BCUT2D eigenvalue weighted by Crippen LogP contribution is -2.42. The van der Waals surface area contributed by atoms with E-state index in [1.54, 1.807) is 11.0 Å². The van der Waals surface area contributed by atoms with Crippen LogP contribution in [0.5, 0.6) is 0 Å². The van der Waals surface area contributed by atoms with Crippen molar-refractivity contribution in [3.63, 3.8) is 0 Å². The van der Waals surface area contributed by atoms with Crippen LogP contribution >= 0.6 is 38.5 Å². The van der Waals surface area contributed by atoms with Crippen LogP contribution in [0, 0.1) is 9.49 Å². The number of aliphatic carboxylic acids is 1. The number of carbonyl (C=O) groups is 2. The highest BCUT2D eigenvalue weighted by molar-refractivity contribution is 14.1. The number of halogens is 2. The molecule has 1 fully saturated rings. The lowest BCUT2D eigenvalue weighted by atomic mass is 9.97. The Balaban J connectivity index is 2.19. The highest BCUT2D eigenvalue weighted by Crippen LogP contribution is 2.23. The van der Waals surface area contributed by atoms with Crippen LogP contribution in [-0.2, 0) is 4.79 Å². The second-order valence-corrected chi connectivity index (χ2v) is 6.63. The molecule has 1 aliphatic rings. The number of rotatable bonds is 2. The summed E-state index contributed by atoms with van der Waals surface area (Å²) in [6.07, 6.45) is 1.39. The fraction of sp³-hybridized carbons (Fsp3) is 0.385. The summed E-state index contributed by atoms with van der Waals surface area (Å²) in [4.78, 5) is 25.1. The highest BCUT2D eigenvalue weighted by Gasteiger charge is 2.29. The van der Waals surface area contributed by atoms with E-state index in [9.17, 15) is 9.59 Å². The van der Waals surface area contributed by atoms with Crippen molar-refractivity contribution in [1.82, 2.24) is 4.90 Å². The lowest BCUT2D eigenvalue weighted by Gasteiger charge is -2.31. The van der Waals surface area contributed by atoms with E-state index in [1.165, 1.54) is 0 Å². The second kappa shape index (κ2) is 6.21. The molecule has 1 amide bonds. The van der Waals surface area contributed by atoms with Crippen LogP contribution in [0.3, 0.4) is 0 Å². The Bertz CT molecular complexity index is 521. The summed E-state index contributed by atoms with van der Waals surface area (Å²) in [5.41, 5.74) is 0.626. The van der Waals surface area contributed by atoms with Gasteiger partial charge in [0.1, 0.15) is 0 Å². The molecule has 1 aliphatic heterocycles. The maximum Gasteiger partial charge on any atom is 0.308 e. The van der Waals surface area contributed by atoms with Crippen molar-refractivity contribution in [3.05, 3.63) is 31.8 Å². The van der Waals surface area contributed by atoms with E-state index in [0.29, 0.717) is 25.1 Å². The second-order valence-electron chi connectivity index (χ2n) is 4.55. The zero-order valence-electron chi connectivity index (χ0n) is 10.1. The molecule has 19 heavy (non-hydrogen) atoms. The number of benzene rings is 1. The van der Waals surface area contributed by atoms with Crippen molar-refractivity contribution in [1.29, 1.82) is 0 Å². The van der Waals surface area contributed by atoms with Gasteiger partial charge in [-0.15, -0.1) is 0 Å². The third-order valence-electron chi connectivity index (χ3n) is 3.22. The van der Waals surface area contributed by atoms with Crippen LogP contribution in [0.4, 0.5) is 0 Å². The SMILES string of the molecule is O=C(O)[C@H]1CCCN(C(=O)c2cc(Br)ccc2I)C1. The smallest absolute Gasteiger partial charge is 0.308 e. The Morgan fingerprint density at radius 1 is 1.42 bits per heavy atom. The minimum atomic E-state index is -0.818. The fourth-order valence-corrected chi connectivity index (χ4v) is 3.12. The molecule has 0 saturated carbocycles. The molecule has 2 rings (SSSR count).